The first-order valence-electron chi connectivity index (χ1n) is 7.47. The molecule has 3 aromatic rings. The molecule has 3 rings (SSSR count). The van der Waals surface area contributed by atoms with Crippen molar-refractivity contribution < 1.29 is 21.6 Å². The summed E-state index contributed by atoms with van der Waals surface area (Å²) in [5.41, 5.74) is -0.640. The molecule has 1 heterocycles. The summed E-state index contributed by atoms with van der Waals surface area (Å²) < 4.78 is 68.4. The van der Waals surface area contributed by atoms with Gasteiger partial charge in [0.2, 0.25) is 0 Å². The summed E-state index contributed by atoms with van der Waals surface area (Å²) >= 11 is 0. The third kappa shape index (κ3) is 3.72. The summed E-state index contributed by atoms with van der Waals surface area (Å²) in [4.78, 5) is -0.118. The Morgan fingerprint density at radius 1 is 1.08 bits per heavy atom. The predicted molar refractivity (Wildman–Crippen MR) is 90.6 cm³/mol. The lowest BCUT2D eigenvalue weighted by Gasteiger charge is -2.16. The lowest BCUT2D eigenvalue weighted by Crippen LogP contribution is -2.17. The van der Waals surface area contributed by atoms with E-state index in [0.29, 0.717) is 0 Å². The van der Waals surface area contributed by atoms with Gasteiger partial charge >= 0.3 is 6.18 Å². The molecule has 0 aliphatic rings. The highest BCUT2D eigenvalue weighted by Gasteiger charge is 2.35. The maximum Gasteiger partial charge on any atom is 0.418 e. The fourth-order valence-corrected chi connectivity index (χ4v) is 3.42. The fraction of sp³-hybridized carbons (Fsp3) is 0.118. The summed E-state index contributed by atoms with van der Waals surface area (Å²) in [6.07, 6.45) is -1.82. The van der Waals surface area contributed by atoms with Gasteiger partial charge in [0.25, 0.3) is 10.0 Å². The number of aryl methyl sites for hydroxylation is 1. The predicted octanol–water partition coefficient (Wildman–Crippen LogP) is 4.00. The molecule has 0 saturated carbocycles. The van der Waals surface area contributed by atoms with Gasteiger partial charge in [0.05, 0.1) is 21.8 Å². The van der Waals surface area contributed by atoms with E-state index in [0.717, 1.165) is 17.7 Å². The van der Waals surface area contributed by atoms with E-state index in [1.54, 1.807) is 25.1 Å². The number of nitrogens with one attached hydrogen (secondary N) is 1. The number of hydrogen-bond donors (Lipinski definition) is 1. The minimum absolute atomic E-state index is 0.118. The van der Waals surface area contributed by atoms with Crippen molar-refractivity contribution >= 4 is 15.7 Å². The molecule has 0 aliphatic carbocycles. The van der Waals surface area contributed by atoms with Gasteiger partial charge in [-0.15, -0.1) is 0 Å². The van der Waals surface area contributed by atoms with Crippen molar-refractivity contribution in [3.05, 3.63) is 72.1 Å². The first-order chi connectivity index (χ1) is 12.2. The average molecular weight is 381 g/mol. The normalized spacial score (nSPS) is 12.2. The van der Waals surface area contributed by atoms with Crippen molar-refractivity contribution in [2.75, 3.05) is 4.72 Å². The van der Waals surface area contributed by atoms with E-state index in [9.17, 15) is 21.6 Å². The van der Waals surface area contributed by atoms with Crippen LogP contribution >= 0.6 is 0 Å². The number of aromatic nitrogens is 2. The highest BCUT2D eigenvalue weighted by molar-refractivity contribution is 7.92. The largest absolute Gasteiger partial charge is 0.418 e. The third-order valence-corrected chi connectivity index (χ3v) is 5.03. The Bertz CT molecular complexity index is 1010. The highest BCUT2D eigenvalue weighted by Crippen LogP contribution is 2.37. The molecule has 0 atom stereocenters. The van der Waals surface area contributed by atoms with Crippen molar-refractivity contribution in [1.82, 2.24) is 9.78 Å². The quantitative estimate of drug-likeness (QED) is 0.743. The van der Waals surface area contributed by atoms with Crippen molar-refractivity contribution in [2.24, 2.45) is 0 Å². The SMILES string of the molecule is Cc1ccc(S(=O)(=O)Nc2ccc(-n3cccn3)cc2C(F)(F)F)cc1. The Morgan fingerprint density at radius 2 is 1.77 bits per heavy atom. The molecule has 0 radical (unpaired) electrons. The second-order valence-electron chi connectivity index (χ2n) is 5.60. The standard InChI is InChI=1S/C17H14F3N3O2S/c1-12-3-6-14(7-4-12)26(24,25)22-16-8-5-13(23-10-2-9-21-23)11-15(16)17(18,19)20/h2-11,22H,1H3. The van der Waals surface area contributed by atoms with Crippen molar-refractivity contribution in [2.45, 2.75) is 18.0 Å². The number of anilines is 1. The number of rotatable bonds is 4. The zero-order valence-electron chi connectivity index (χ0n) is 13.5. The molecule has 0 fully saturated rings. The molecule has 0 saturated heterocycles. The lowest BCUT2D eigenvalue weighted by molar-refractivity contribution is -0.136. The van der Waals surface area contributed by atoms with Gasteiger partial charge < -0.3 is 0 Å². The Morgan fingerprint density at radius 3 is 2.35 bits per heavy atom. The Labute approximate surface area is 148 Å². The monoisotopic (exact) mass is 381 g/mol. The zero-order chi connectivity index (χ0) is 18.9. The lowest BCUT2D eigenvalue weighted by atomic mass is 10.1. The molecule has 0 unspecified atom stereocenters. The van der Waals surface area contributed by atoms with Crippen LogP contribution in [0, 0.1) is 6.92 Å². The summed E-state index contributed by atoms with van der Waals surface area (Å²) in [7, 11) is -4.15. The maximum atomic E-state index is 13.4. The fourth-order valence-electron chi connectivity index (χ4n) is 2.34. The molecule has 0 aliphatic heterocycles. The molecule has 136 valence electrons. The molecule has 1 N–H and O–H groups in total. The van der Waals surface area contributed by atoms with Crippen molar-refractivity contribution in [1.29, 1.82) is 0 Å². The van der Waals surface area contributed by atoms with Crippen LogP contribution in [0.25, 0.3) is 5.69 Å². The highest BCUT2D eigenvalue weighted by atomic mass is 32.2. The smallest absolute Gasteiger partial charge is 0.279 e. The molecule has 1 aromatic heterocycles. The first-order valence-corrected chi connectivity index (χ1v) is 8.96. The van der Waals surface area contributed by atoms with Gasteiger partial charge in [0.1, 0.15) is 0 Å². The van der Waals surface area contributed by atoms with E-state index in [1.807, 2.05) is 4.72 Å². The molecular formula is C17H14F3N3O2S. The average Bonchev–Trinajstić information content (AvgIpc) is 3.09. The van der Waals surface area contributed by atoms with Crippen LogP contribution in [0.5, 0.6) is 0 Å². The van der Waals surface area contributed by atoms with Gasteiger partial charge in [-0.1, -0.05) is 17.7 Å². The van der Waals surface area contributed by atoms with Crippen molar-refractivity contribution in [3.8, 4) is 5.69 Å². The summed E-state index contributed by atoms with van der Waals surface area (Å²) in [5, 5.41) is 3.88. The summed E-state index contributed by atoms with van der Waals surface area (Å²) in [6.45, 7) is 1.78. The number of alkyl halides is 3. The van der Waals surface area contributed by atoms with Crippen LogP contribution in [-0.2, 0) is 16.2 Å². The maximum absolute atomic E-state index is 13.4. The van der Waals surface area contributed by atoms with E-state index in [1.165, 1.54) is 35.3 Å². The van der Waals surface area contributed by atoms with Gasteiger partial charge in [-0.05, 0) is 43.3 Å². The molecular weight excluding hydrogens is 367 g/mol. The van der Waals surface area contributed by atoms with Crippen molar-refractivity contribution in [3.63, 3.8) is 0 Å². The van der Waals surface area contributed by atoms with Crippen LogP contribution in [0.1, 0.15) is 11.1 Å². The van der Waals surface area contributed by atoms with E-state index < -0.39 is 27.5 Å². The number of halogens is 3. The number of benzene rings is 2. The molecule has 26 heavy (non-hydrogen) atoms. The first kappa shape index (κ1) is 18.0. The third-order valence-electron chi connectivity index (χ3n) is 3.65. The van der Waals surface area contributed by atoms with Crippen LogP contribution in [-0.4, -0.2) is 18.2 Å². The van der Waals surface area contributed by atoms with Crippen LogP contribution < -0.4 is 4.72 Å². The summed E-state index contributed by atoms with van der Waals surface area (Å²) in [5.74, 6) is 0. The Balaban J connectivity index is 2.03. The molecule has 0 bridgehead atoms. The number of hydrogen-bond acceptors (Lipinski definition) is 3. The molecule has 0 amide bonds. The van der Waals surface area contributed by atoms with E-state index in [2.05, 4.69) is 5.10 Å². The topological polar surface area (TPSA) is 64.0 Å². The molecule has 5 nitrogen and oxygen atoms in total. The van der Waals surface area contributed by atoms with E-state index in [-0.39, 0.29) is 10.6 Å². The van der Waals surface area contributed by atoms with Crippen LogP contribution in [0.3, 0.4) is 0 Å². The molecule has 2 aromatic carbocycles. The van der Waals surface area contributed by atoms with Crippen LogP contribution in [0.15, 0.2) is 65.8 Å². The van der Waals surface area contributed by atoms with E-state index >= 15 is 0 Å². The molecule has 0 spiro atoms. The van der Waals surface area contributed by atoms with Gasteiger partial charge in [-0.25, -0.2) is 13.1 Å². The Kier molecular flexibility index (Phi) is 4.49. The second-order valence-corrected chi connectivity index (χ2v) is 7.28. The Hall–Kier alpha value is -2.81. The van der Waals surface area contributed by atoms with E-state index in [4.69, 9.17) is 0 Å². The number of sulfonamides is 1. The molecule has 9 heteroatoms. The number of nitrogens with zero attached hydrogens (tertiary/aromatic N) is 2. The van der Waals surface area contributed by atoms with Crippen LogP contribution in [0.4, 0.5) is 18.9 Å². The minimum atomic E-state index is -4.74. The van der Waals surface area contributed by atoms with Crippen LogP contribution in [0.2, 0.25) is 0 Å². The zero-order valence-corrected chi connectivity index (χ0v) is 14.3. The minimum Gasteiger partial charge on any atom is -0.279 e. The van der Waals surface area contributed by atoms with Gasteiger partial charge in [0, 0.05) is 12.4 Å². The summed E-state index contributed by atoms with van der Waals surface area (Å²) in [6, 6.07) is 10.7. The second kappa shape index (κ2) is 6.49. The van der Waals surface area contributed by atoms with Gasteiger partial charge in [-0.3, -0.25) is 4.72 Å². The van der Waals surface area contributed by atoms with Gasteiger partial charge in [-0.2, -0.15) is 18.3 Å². The van der Waals surface area contributed by atoms with Gasteiger partial charge in [0.15, 0.2) is 0 Å².